The van der Waals surface area contributed by atoms with Crippen LogP contribution in [0.15, 0.2) is 35.4 Å². The van der Waals surface area contributed by atoms with E-state index in [0.717, 1.165) is 17.8 Å². The fraction of sp³-hybridized carbons (Fsp3) is 0.316. The van der Waals surface area contributed by atoms with E-state index in [9.17, 15) is 5.11 Å². The second kappa shape index (κ2) is 6.69. The third-order valence-electron chi connectivity index (χ3n) is 4.23. The number of rotatable bonds is 4. The molecule has 0 saturated heterocycles. The predicted octanol–water partition coefficient (Wildman–Crippen LogP) is 4.29. The lowest BCUT2D eigenvalue weighted by Crippen LogP contribution is -2.36. The molecule has 0 unspecified atom stereocenters. The number of aromatic nitrogens is 1. The molecule has 1 aliphatic heterocycles. The first-order valence-corrected chi connectivity index (χ1v) is 9.05. The topological polar surface area (TPSA) is 84.0 Å². The number of hydrogen-bond donors (Lipinski definition) is 2. The minimum atomic E-state index is -0.202. The van der Waals surface area contributed by atoms with Crippen LogP contribution >= 0.6 is 11.3 Å². The number of benzene rings is 1. The number of nitrogens with one attached hydrogen (secondary N) is 1. The molecule has 3 rings (SSSR count). The highest BCUT2D eigenvalue weighted by Crippen LogP contribution is 2.35. The van der Waals surface area contributed by atoms with Crippen LogP contribution < -0.4 is 0 Å². The van der Waals surface area contributed by atoms with Gasteiger partial charge >= 0.3 is 0 Å². The van der Waals surface area contributed by atoms with E-state index in [1.165, 1.54) is 11.3 Å². The van der Waals surface area contributed by atoms with Crippen LogP contribution in [0.25, 0.3) is 16.8 Å². The third-order valence-corrected chi connectivity index (χ3v) is 5.09. The van der Waals surface area contributed by atoms with Gasteiger partial charge in [-0.05, 0) is 25.0 Å². The summed E-state index contributed by atoms with van der Waals surface area (Å²) in [5, 5.41) is 30.5. The summed E-state index contributed by atoms with van der Waals surface area (Å²) in [5.41, 5.74) is 2.83. The highest BCUT2D eigenvalue weighted by atomic mass is 32.1. The van der Waals surface area contributed by atoms with Crippen molar-refractivity contribution in [1.29, 1.82) is 10.7 Å². The predicted molar refractivity (Wildman–Crippen MR) is 101 cm³/mol. The second-order valence-corrected chi connectivity index (χ2v) is 7.42. The highest BCUT2D eigenvalue weighted by Gasteiger charge is 2.36. The monoisotopic (exact) mass is 352 g/mol. The van der Waals surface area contributed by atoms with Crippen molar-refractivity contribution in [3.05, 3.63) is 46.0 Å². The van der Waals surface area contributed by atoms with Crippen LogP contribution in [0.4, 0.5) is 0 Å². The van der Waals surface area contributed by atoms with Crippen LogP contribution in [0.1, 0.15) is 31.3 Å². The lowest BCUT2D eigenvalue weighted by Gasteiger charge is -2.25. The van der Waals surface area contributed by atoms with E-state index in [0.29, 0.717) is 27.9 Å². The molecule has 0 aliphatic carbocycles. The summed E-state index contributed by atoms with van der Waals surface area (Å²) in [7, 11) is 0. The third kappa shape index (κ3) is 3.15. The van der Waals surface area contributed by atoms with Crippen molar-refractivity contribution in [1.82, 2.24) is 9.88 Å². The normalized spacial score (nSPS) is 17.5. The van der Waals surface area contributed by atoms with E-state index < -0.39 is 0 Å². The van der Waals surface area contributed by atoms with Crippen molar-refractivity contribution in [3.63, 3.8) is 0 Å². The van der Waals surface area contributed by atoms with Crippen LogP contribution in [0.5, 0.6) is 0 Å². The first kappa shape index (κ1) is 17.2. The van der Waals surface area contributed by atoms with E-state index in [1.54, 1.807) is 12.1 Å². The van der Waals surface area contributed by atoms with Gasteiger partial charge in [-0.15, -0.1) is 11.3 Å². The Labute approximate surface area is 151 Å². The van der Waals surface area contributed by atoms with Gasteiger partial charge < -0.3 is 10.0 Å². The molecule has 0 spiro atoms. The summed E-state index contributed by atoms with van der Waals surface area (Å²) in [6, 6.07) is 9.14. The number of hydrogen-bond acceptors (Lipinski definition) is 5. The Balaban J connectivity index is 1.91. The van der Waals surface area contributed by atoms with E-state index >= 15 is 0 Å². The molecule has 1 aromatic heterocycles. The highest BCUT2D eigenvalue weighted by molar-refractivity contribution is 7.11. The molecule has 2 N–H and O–H groups in total. The molecule has 128 valence electrons. The summed E-state index contributed by atoms with van der Waals surface area (Å²) in [6.45, 7) is 6.83. The lowest BCUT2D eigenvalue weighted by molar-refractivity contribution is 0.267. The van der Waals surface area contributed by atoms with E-state index in [-0.39, 0.29) is 11.8 Å². The molecular formula is C19H20N4OS. The average molecular weight is 352 g/mol. The Bertz CT molecular complexity index is 874. The first-order valence-electron chi connectivity index (χ1n) is 8.17. The summed E-state index contributed by atoms with van der Waals surface area (Å²) in [5.74, 6) is 0.950. The molecule has 0 fully saturated rings. The van der Waals surface area contributed by atoms with Gasteiger partial charge in [-0.3, -0.25) is 5.41 Å². The molecule has 5 nitrogen and oxygen atoms in total. The van der Waals surface area contributed by atoms with Crippen LogP contribution in [0.3, 0.4) is 0 Å². The fourth-order valence-corrected chi connectivity index (χ4v) is 3.79. The number of nitriles is 1. The molecule has 0 bridgehead atoms. The van der Waals surface area contributed by atoms with Gasteiger partial charge in [0, 0.05) is 17.5 Å². The summed E-state index contributed by atoms with van der Waals surface area (Å²) < 4.78 is 0. The van der Waals surface area contributed by atoms with Crippen LogP contribution in [-0.2, 0) is 0 Å². The van der Waals surface area contributed by atoms with Gasteiger partial charge in [-0.2, -0.15) is 5.26 Å². The van der Waals surface area contributed by atoms with Crippen molar-refractivity contribution in [2.45, 2.75) is 26.8 Å². The SMILES string of the molecule is CC(C)CN1C(=N)C(c2nc(-c3ccc(C#N)cc3)cs2)=C(O)[C@H]1C. The van der Waals surface area contributed by atoms with Gasteiger partial charge in [-0.1, -0.05) is 26.0 Å². The molecule has 0 saturated carbocycles. The first-order chi connectivity index (χ1) is 11.9. The van der Waals surface area contributed by atoms with Crippen LogP contribution in [-0.4, -0.2) is 33.4 Å². The summed E-state index contributed by atoms with van der Waals surface area (Å²) in [4.78, 5) is 6.53. The van der Waals surface area contributed by atoms with Gasteiger partial charge in [0.1, 0.15) is 16.6 Å². The lowest BCUT2D eigenvalue weighted by atomic mass is 10.1. The van der Waals surface area contributed by atoms with Gasteiger partial charge in [0.05, 0.1) is 28.9 Å². The van der Waals surface area contributed by atoms with Crippen LogP contribution in [0, 0.1) is 22.7 Å². The number of nitrogens with zero attached hydrogens (tertiary/aromatic N) is 3. The molecule has 1 atom stereocenters. The molecule has 1 aliphatic rings. The average Bonchev–Trinajstić information content (AvgIpc) is 3.15. The molecule has 0 amide bonds. The zero-order valence-electron chi connectivity index (χ0n) is 14.4. The molecule has 2 aromatic rings. The molecule has 6 heteroatoms. The van der Waals surface area contributed by atoms with Crippen molar-refractivity contribution in [2.24, 2.45) is 5.92 Å². The van der Waals surface area contributed by atoms with Crippen LogP contribution in [0.2, 0.25) is 0 Å². The van der Waals surface area contributed by atoms with E-state index in [4.69, 9.17) is 10.7 Å². The maximum Gasteiger partial charge on any atom is 0.135 e. The Morgan fingerprint density at radius 2 is 2.04 bits per heavy atom. The Hall–Kier alpha value is -2.65. The van der Waals surface area contributed by atoms with Crippen molar-refractivity contribution < 1.29 is 5.11 Å². The van der Waals surface area contributed by atoms with Gasteiger partial charge in [0.15, 0.2) is 0 Å². The minimum Gasteiger partial charge on any atom is -0.509 e. The van der Waals surface area contributed by atoms with Gasteiger partial charge in [0.2, 0.25) is 0 Å². The summed E-state index contributed by atoms with van der Waals surface area (Å²) in [6.07, 6.45) is 0. The standard InChI is InChI=1S/C19H20N4OS/c1-11(2)9-23-12(3)17(24)16(18(23)21)19-22-15(10-25-19)14-6-4-13(8-20)5-7-14/h4-7,10-12,21,24H,9H2,1-3H3/t12-/m1/s1. The number of aliphatic hydroxyl groups excluding tert-OH is 1. The zero-order chi connectivity index (χ0) is 18.1. The summed E-state index contributed by atoms with van der Waals surface area (Å²) >= 11 is 1.42. The Morgan fingerprint density at radius 1 is 1.36 bits per heavy atom. The largest absolute Gasteiger partial charge is 0.509 e. The smallest absolute Gasteiger partial charge is 0.135 e. The minimum absolute atomic E-state index is 0.202. The number of thiazole rings is 1. The Morgan fingerprint density at radius 3 is 2.64 bits per heavy atom. The van der Waals surface area contributed by atoms with Crippen molar-refractivity contribution in [3.8, 4) is 17.3 Å². The van der Waals surface area contributed by atoms with Gasteiger partial charge in [0.25, 0.3) is 0 Å². The number of aliphatic hydroxyl groups is 1. The fourth-order valence-electron chi connectivity index (χ4n) is 2.91. The molecule has 25 heavy (non-hydrogen) atoms. The second-order valence-electron chi connectivity index (χ2n) is 6.56. The van der Waals surface area contributed by atoms with E-state index in [2.05, 4.69) is 24.9 Å². The van der Waals surface area contributed by atoms with Gasteiger partial charge in [-0.25, -0.2) is 4.98 Å². The molecule has 2 heterocycles. The number of amidine groups is 1. The molecule has 1 aromatic carbocycles. The maximum atomic E-state index is 10.5. The molecular weight excluding hydrogens is 332 g/mol. The zero-order valence-corrected chi connectivity index (χ0v) is 15.3. The molecule has 0 radical (unpaired) electrons. The van der Waals surface area contributed by atoms with Crippen molar-refractivity contribution >= 4 is 22.7 Å². The Kier molecular flexibility index (Phi) is 4.60. The van der Waals surface area contributed by atoms with E-state index in [1.807, 2.05) is 29.3 Å². The maximum absolute atomic E-state index is 10.5. The quantitative estimate of drug-likeness (QED) is 0.860. The van der Waals surface area contributed by atoms with Crippen molar-refractivity contribution in [2.75, 3.05) is 6.54 Å².